The molecule has 40 heteroatoms. The Balaban J connectivity index is 1.08. The highest BCUT2D eigenvalue weighted by molar-refractivity contribution is 7.48. The Bertz CT molecular complexity index is 2970. The van der Waals surface area contributed by atoms with E-state index in [0.29, 0.717) is 25.7 Å². The fourth-order valence-electron chi connectivity index (χ4n) is 14.1. The molecular formula is C78H137N4O35P. The maximum Gasteiger partial charge on any atom is 0.474 e. The van der Waals surface area contributed by atoms with Crippen LogP contribution in [0.3, 0.4) is 0 Å². The SMILES string of the molecule is C/C=C\C(CCCCCC)C(=O)OC[C@H](COP(=O)(OC)OCCNC(=O)CCCCC(=O)NCCCO[C@@H]1OC(CO)[C@@H](O[C@@H]2OC(CO)[C@H](O)[C@H](O[C@@H]3OC(CO)[C@@H](O)[C@H](O[C@@H]4OC(CO)[C@H](O)[C@H](O)C4O[C@@H]4OC(C)[C@@H](O)[C@H](O)C4O)C3NC(C)=O)C2O)[C@H](O)C1NC(C)=O)OC(=O)CCCCCCC/C=C/CCCCCCCC. The van der Waals surface area contributed by atoms with Crippen LogP contribution in [0.1, 0.15) is 196 Å². The highest BCUT2D eigenvalue weighted by Gasteiger charge is 2.58. The van der Waals surface area contributed by atoms with Gasteiger partial charge in [-0.25, -0.2) is 4.57 Å². The van der Waals surface area contributed by atoms with E-state index in [0.717, 1.165) is 85.2 Å². The summed E-state index contributed by atoms with van der Waals surface area (Å²) in [6.07, 6.45) is -15.7. The van der Waals surface area contributed by atoms with Crippen molar-refractivity contribution in [3.63, 3.8) is 0 Å². The summed E-state index contributed by atoms with van der Waals surface area (Å²) in [6.45, 7) is 4.30. The quantitative estimate of drug-likeness (QED) is 0.0165. The molecule has 5 heterocycles. The number of aliphatic hydroxyl groups is 13. The zero-order valence-corrected chi connectivity index (χ0v) is 70.1. The molecule has 12 unspecified atom stereocenters. The molecule has 0 aliphatic carbocycles. The van der Waals surface area contributed by atoms with Gasteiger partial charge in [0.25, 0.3) is 0 Å². The molecule has 684 valence electrons. The second kappa shape index (κ2) is 56.4. The van der Waals surface area contributed by atoms with Crippen molar-refractivity contribution in [2.75, 3.05) is 73.1 Å². The number of hydrogen-bond acceptors (Lipinski definition) is 35. The number of ether oxygens (including phenoxy) is 12. The largest absolute Gasteiger partial charge is 0.474 e. The fourth-order valence-corrected chi connectivity index (χ4v) is 15.0. The average Bonchev–Trinajstić information content (AvgIpc) is 0.766. The van der Waals surface area contributed by atoms with Crippen LogP contribution in [0.2, 0.25) is 0 Å². The minimum atomic E-state index is -4.29. The van der Waals surface area contributed by atoms with E-state index in [4.69, 9.17) is 70.4 Å². The Kier molecular flexibility index (Phi) is 49.7. The molecule has 28 atom stereocenters. The van der Waals surface area contributed by atoms with Gasteiger partial charge in [-0.1, -0.05) is 115 Å². The van der Waals surface area contributed by atoms with E-state index in [1.54, 1.807) is 12.2 Å². The number of aliphatic hydroxyl groups excluding tert-OH is 13. The zero-order valence-electron chi connectivity index (χ0n) is 69.2. The van der Waals surface area contributed by atoms with Crippen LogP contribution in [-0.4, -0.2) is 335 Å². The molecule has 5 fully saturated rings. The van der Waals surface area contributed by atoms with Crippen LogP contribution in [0.5, 0.6) is 0 Å². The van der Waals surface area contributed by atoms with Gasteiger partial charge in [0.1, 0.15) is 122 Å². The van der Waals surface area contributed by atoms with E-state index in [-0.39, 0.29) is 64.5 Å². The maximum atomic E-state index is 13.6. The second-order valence-corrected chi connectivity index (χ2v) is 32.1. The number of phosphoric ester groups is 1. The highest BCUT2D eigenvalue weighted by atomic mass is 31.2. The first-order valence-electron chi connectivity index (χ1n) is 41.8. The molecule has 0 saturated carbocycles. The van der Waals surface area contributed by atoms with Crippen molar-refractivity contribution in [3.8, 4) is 0 Å². The van der Waals surface area contributed by atoms with Crippen LogP contribution in [0.15, 0.2) is 24.3 Å². The number of esters is 2. The molecule has 17 N–H and O–H groups in total. The van der Waals surface area contributed by atoms with Crippen molar-refractivity contribution >= 4 is 43.4 Å². The van der Waals surface area contributed by atoms with Gasteiger partial charge in [0.05, 0.1) is 58.3 Å². The molecule has 5 aliphatic rings. The molecule has 0 aromatic rings. The van der Waals surface area contributed by atoms with Crippen LogP contribution in [0, 0.1) is 5.92 Å². The van der Waals surface area contributed by atoms with E-state index in [2.05, 4.69) is 47.3 Å². The van der Waals surface area contributed by atoms with Crippen molar-refractivity contribution in [2.45, 2.75) is 355 Å². The summed E-state index contributed by atoms with van der Waals surface area (Å²) in [5.41, 5.74) is 0. The number of hydrogen-bond donors (Lipinski definition) is 17. The molecule has 118 heavy (non-hydrogen) atoms. The van der Waals surface area contributed by atoms with Gasteiger partial charge in [-0.2, -0.15) is 0 Å². The predicted molar refractivity (Wildman–Crippen MR) is 415 cm³/mol. The van der Waals surface area contributed by atoms with Gasteiger partial charge >= 0.3 is 19.8 Å². The van der Waals surface area contributed by atoms with Crippen LogP contribution in [-0.2, 0) is 104 Å². The third-order valence-corrected chi connectivity index (χ3v) is 22.2. The molecule has 5 aliphatic heterocycles. The summed E-state index contributed by atoms with van der Waals surface area (Å²) in [6, 6.07) is -3.26. The third kappa shape index (κ3) is 34.5. The number of amides is 4. The van der Waals surface area contributed by atoms with Crippen molar-refractivity contribution < 1.29 is 170 Å². The van der Waals surface area contributed by atoms with Gasteiger partial charge in [0.2, 0.25) is 23.6 Å². The van der Waals surface area contributed by atoms with Gasteiger partial charge in [-0.05, 0) is 71.6 Å². The lowest BCUT2D eigenvalue weighted by molar-refractivity contribution is -0.389. The normalized spacial score (nSPS) is 32.4. The number of nitrogens with one attached hydrogen (secondary N) is 4. The Morgan fingerprint density at radius 2 is 0.975 bits per heavy atom. The third-order valence-electron chi connectivity index (χ3n) is 20.8. The lowest BCUT2D eigenvalue weighted by atomic mass is 9.94. The number of phosphoric acid groups is 1. The minimum Gasteiger partial charge on any atom is -0.461 e. The first-order chi connectivity index (χ1) is 56.5. The summed E-state index contributed by atoms with van der Waals surface area (Å²) in [5.74, 6) is -3.87. The van der Waals surface area contributed by atoms with Gasteiger partial charge < -0.3 is 144 Å². The Labute approximate surface area is 690 Å². The van der Waals surface area contributed by atoms with Gasteiger partial charge in [-0.3, -0.25) is 42.3 Å². The molecule has 39 nitrogen and oxygen atoms in total. The molecule has 0 bridgehead atoms. The Morgan fingerprint density at radius 3 is 1.58 bits per heavy atom. The van der Waals surface area contributed by atoms with Crippen molar-refractivity contribution in [2.24, 2.45) is 5.92 Å². The maximum absolute atomic E-state index is 13.6. The first kappa shape index (κ1) is 104. The number of carbonyl (C=O) groups excluding carboxylic acids is 6. The summed E-state index contributed by atoms with van der Waals surface area (Å²) in [4.78, 5) is 77.7. The molecule has 4 amide bonds. The van der Waals surface area contributed by atoms with Crippen molar-refractivity contribution in [1.82, 2.24) is 21.3 Å². The Morgan fingerprint density at radius 1 is 0.466 bits per heavy atom. The average molecular weight is 1720 g/mol. The van der Waals surface area contributed by atoms with Crippen molar-refractivity contribution in [1.29, 1.82) is 0 Å². The summed E-state index contributed by atoms with van der Waals surface area (Å²) < 4.78 is 100. The Hall–Kier alpha value is -4.51. The summed E-state index contributed by atoms with van der Waals surface area (Å²) in [7, 11) is -3.19. The lowest BCUT2D eigenvalue weighted by Crippen LogP contribution is -2.70. The molecular weight excluding hydrogens is 1580 g/mol. The molecule has 0 radical (unpaired) electrons. The van der Waals surface area contributed by atoms with Crippen molar-refractivity contribution in [3.05, 3.63) is 24.3 Å². The van der Waals surface area contributed by atoms with E-state index < -0.39 is 236 Å². The van der Waals surface area contributed by atoms with Gasteiger partial charge in [-0.15, -0.1) is 0 Å². The van der Waals surface area contributed by atoms with E-state index in [1.807, 2.05) is 6.92 Å². The number of carbonyl (C=O) groups is 6. The summed E-state index contributed by atoms with van der Waals surface area (Å²) >= 11 is 0. The first-order valence-corrected chi connectivity index (χ1v) is 43.2. The van der Waals surface area contributed by atoms with E-state index in [9.17, 15) is 99.7 Å². The topological polar surface area (TPSA) is 569 Å². The molecule has 5 saturated heterocycles. The number of unbranched alkanes of at least 4 members (excludes halogenated alkanes) is 15. The fraction of sp³-hybridized carbons (Fsp3) is 0.872. The second-order valence-electron chi connectivity index (χ2n) is 30.3. The van der Waals surface area contributed by atoms with E-state index >= 15 is 0 Å². The molecule has 5 rings (SSSR count). The monoisotopic (exact) mass is 1720 g/mol. The minimum absolute atomic E-state index is 0.0176. The smallest absolute Gasteiger partial charge is 0.461 e. The van der Waals surface area contributed by atoms with Gasteiger partial charge in [0.15, 0.2) is 37.6 Å². The highest BCUT2D eigenvalue weighted by Crippen LogP contribution is 2.48. The predicted octanol–water partition coefficient (Wildman–Crippen LogP) is 0.0407. The zero-order chi connectivity index (χ0) is 86.9. The molecule has 0 aromatic heterocycles. The number of allylic oxidation sites excluding steroid dienone is 3. The van der Waals surface area contributed by atoms with Crippen LogP contribution in [0.4, 0.5) is 0 Å². The lowest BCUT2D eigenvalue weighted by Gasteiger charge is -2.51. The van der Waals surface area contributed by atoms with Crippen LogP contribution in [0.25, 0.3) is 0 Å². The van der Waals surface area contributed by atoms with E-state index in [1.165, 1.54) is 45.4 Å². The van der Waals surface area contributed by atoms with Gasteiger partial charge in [0, 0.05) is 53.3 Å². The number of rotatable bonds is 57. The summed E-state index contributed by atoms with van der Waals surface area (Å²) in [5, 5.41) is 153. The van der Waals surface area contributed by atoms with Crippen LogP contribution >= 0.6 is 7.82 Å². The van der Waals surface area contributed by atoms with Crippen LogP contribution < -0.4 is 21.3 Å². The molecule has 0 aromatic carbocycles. The standard InChI is InChI=1S/C78H137N4O35P/c1-8-11-13-15-16-17-18-19-20-21-22-23-24-25-27-35-57(91)109-50(44-105-73(101)49(31-10-3)32-26-14-12-9-2)45-107-118(102,103-7)106-39-37-80-56(90)34-29-28-33-55(89)79-36-30-38-104-74-58(81-47(5)87)64(96)69(54(43-86)113-74)114-77-68(100)71(63(95)53(42-85)111-77)116-75-59(82-48(6)88)70(62(94)52(41-84)110-75)115-78-72(66(98)61(93)51(40-83)112-78)117-76-67(99)65(97)60(92)46(4)108-76/h10,19-20,31,46,49-54,58-72,74-78,83-86,92-100H,8-9,11-18,21-30,32-45H2,1-7H3,(H,79,89)(H,80,90)(H,81,87)(H,82,88)/b20-19+,31-10-/t46?,49?,50-,51?,52?,53?,54?,58?,59?,60-,61+,62-,63+,64-,65+,66+,67?,68?,69-,70-,71+,72?,74-,75+,76+,77+,78+,118?/m1/s1. The molecule has 0 spiro atoms.